The van der Waals surface area contributed by atoms with Gasteiger partial charge < -0.3 is 5.11 Å². The van der Waals surface area contributed by atoms with Gasteiger partial charge in [0.2, 0.25) is 0 Å². The summed E-state index contributed by atoms with van der Waals surface area (Å²) >= 11 is 8.24. The van der Waals surface area contributed by atoms with Crippen molar-refractivity contribution in [3.05, 3.63) is 62.4 Å². The first kappa shape index (κ1) is 12.8. The van der Waals surface area contributed by atoms with Gasteiger partial charge in [-0.05, 0) is 51.9 Å². The van der Waals surface area contributed by atoms with Crippen LogP contribution in [0.3, 0.4) is 0 Å². The maximum absolute atomic E-state index is 10.1. The molecule has 0 fully saturated rings. The zero-order valence-corrected chi connectivity index (χ0v) is 11.9. The second-order valence-corrected chi connectivity index (χ2v) is 5.39. The molecular formula is C13H11ClINO. The first-order chi connectivity index (χ1) is 8.16. The van der Waals surface area contributed by atoms with Crippen molar-refractivity contribution in [3.8, 4) is 0 Å². The molecule has 2 aromatic rings. The predicted molar refractivity (Wildman–Crippen MR) is 77.1 cm³/mol. The van der Waals surface area contributed by atoms with Gasteiger partial charge in [-0.3, -0.25) is 4.98 Å². The summed E-state index contributed by atoms with van der Waals surface area (Å²) in [7, 11) is 0. The molecule has 0 amide bonds. The van der Waals surface area contributed by atoms with E-state index < -0.39 is 6.10 Å². The molecule has 1 aromatic carbocycles. The van der Waals surface area contributed by atoms with Gasteiger partial charge >= 0.3 is 0 Å². The first-order valence-electron chi connectivity index (χ1n) is 5.19. The number of nitrogens with zero attached hydrogens (tertiary/aromatic N) is 1. The summed E-state index contributed by atoms with van der Waals surface area (Å²) in [6.07, 6.45) is 3.24. The van der Waals surface area contributed by atoms with Crippen LogP contribution in [0.5, 0.6) is 0 Å². The Balaban J connectivity index is 2.17. The molecule has 1 aromatic heterocycles. The van der Waals surface area contributed by atoms with Crippen LogP contribution in [0.1, 0.15) is 17.2 Å². The lowest BCUT2D eigenvalue weighted by molar-refractivity contribution is 0.178. The molecule has 0 saturated heterocycles. The SMILES string of the molecule is OC(Cc1ccncc1Cl)c1cccc(I)c1. The number of benzene rings is 1. The van der Waals surface area contributed by atoms with Gasteiger partial charge in [-0.1, -0.05) is 23.7 Å². The van der Waals surface area contributed by atoms with Crippen LogP contribution < -0.4 is 0 Å². The zero-order chi connectivity index (χ0) is 12.3. The molecule has 1 unspecified atom stereocenters. The standard InChI is InChI=1S/C13H11ClINO/c14-12-8-16-5-4-9(12)7-13(17)10-2-1-3-11(15)6-10/h1-6,8,13,17H,7H2. The fraction of sp³-hybridized carbons (Fsp3) is 0.154. The zero-order valence-electron chi connectivity index (χ0n) is 8.98. The van der Waals surface area contributed by atoms with Crippen molar-refractivity contribution in [1.82, 2.24) is 4.98 Å². The predicted octanol–water partition coefficient (Wildman–Crippen LogP) is 3.62. The Bertz CT molecular complexity index is 518. The molecule has 4 heteroatoms. The van der Waals surface area contributed by atoms with Crippen LogP contribution in [0.2, 0.25) is 5.02 Å². The van der Waals surface area contributed by atoms with E-state index in [0.29, 0.717) is 11.4 Å². The third-order valence-electron chi connectivity index (χ3n) is 2.50. The van der Waals surface area contributed by atoms with E-state index in [-0.39, 0.29) is 0 Å². The van der Waals surface area contributed by atoms with Crippen LogP contribution in [0.15, 0.2) is 42.7 Å². The molecule has 0 aliphatic heterocycles. The molecule has 1 atom stereocenters. The lowest BCUT2D eigenvalue weighted by Gasteiger charge is -2.12. The van der Waals surface area contributed by atoms with Gasteiger partial charge in [-0.15, -0.1) is 0 Å². The average Bonchev–Trinajstić information content (AvgIpc) is 2.32. The van der Waals surface area contributed by atoms with Crippen molar-refractivity contribution in [3.63, 3.8) is 0 Å². The maximum atomic E-state index is 10.1. The minimum Gasteiger partial charge on any atom is -0.388 e. The van der Waals surface area contributed by atoms with Crippen LogP contribution in [-0.2, 0) is 6.42 Å². The molecule has 0 radical (unpaired) electrons. The van der Waals surface area contributed by atoms with Gasteiger partial charge in [0.1, 0.15) is 0 Å². The van der Waals surface area contributed by atoms with Crippen molar-refractivity contribution >= 4 is 34.2 Å². The molecule has 0 bridgehead atoms. The average molecular weight is 360 g/mol. The van der Waals surface area contributed by atoms with Gasteiger partial charge in [0.05, 0.1) is 11.1 Å². The summed E-state index contributed by atoms with van der Waals surface area (Å²) in [4.78, 5) is 3.92. The van der Waals surface area contributed by atoms with E-state index in [0.717, 1.165) is 14.7 Å². The van der Waals surface area contributed by atoms with Gasteiger partial charge in [-0.2, -0.15) is 0 Å². The molecule has 0 aliphatic rings. The van der Waals surface area contributed by atoms with Crippen molar-refractivity contribution in [2.24, 2.45) is 0 Å². The number of pyridine rings is 1. The van der Waals surface area contributed by atoms with E-state index in [1.54, 1.807) is 12.4 Å². The number of halogens is 2. The van der Waals surface area contributed by atoms with Crippen molar-refractivity contribution < 1.29 is 5.11 Å². The summed E-state index contributed by atoms with van der Waals surface area (Å²) in [5.41, 5.74) is 1.82. The number of rotatable bonds is 3. The molecule has 1 heterocycles. The normalized spacial score (nSPS) is 12.4. The van der Waals surface area contributed by atoms with Crippen LogP contribution in [0.4, 0.5) is 0 Å². The summed E-state index contributed by atoms with van der Waals surface area (Å²) in [6.45, 7) is 0. The highest BCUT2D eigenvalue weighted by Crippen LogP contribution is 2.23. The minimum atomic E-state index is -0.537. The smallest absolute Gasteiger partial charge is 0.0831 e. The second-order valence-electron chi connectivity index (χ2n) is 3.74. The van der Waals surface area contributed by atoms with Crippen LogP contribution in [-0.4, -0.2) is 10.1 Å². The number of hydrogen-bond acceptors (Lipinski definition) is 2. The Morgan fingerprint density at radius 3 is 2.88 bits per heavy atom. The van der Waals surface area contributed by atoms with Gasteiger partial charge in [0, 0.05) is 22.4 Å². The lowest BCUT2D eigenvalue weighted by atomic mass is 10.0. The fourth-order valence-corrected chi connectivity index (χ4v) is 2.37. The van der Waals surface area contributed by atoms with Crippen molar-refractivity contribution in [2.45, 2.75) is 12.5 Å². The van der Waals surface area contributed by atoms with E-state index in [9.17, 15) is 5.11 Å². The molecular weight excluding hydrogens is 349 g/mol. The Kier molecular flexibility index (Phi) is 4.36. The summed E-state index contributed by atoms with van der Waals surface area (Å²) in [6, 6.07) is 9.66. The van der Waals surface area contributed by atoms with Gasteiger partial charge in [-0.25, -0.2) is 0 Å². The Morgan fingerprint density at radius 2 is 2.18 bits per heavy atom. The van der Waals surface area contributed by atoms with Crippen molar-refractivity contribution in [1.29, 1.82) is 0 Å². The Morgan fingerprint density at radius 1 is 1.35 bits per heavy atom. The van der Waals surface area contributed by atoms with Crippen LogP contribution >= 0.6 is 34.2 Å². The second kappa shape index (κ2) is 5.80. The Hall–Kier alpha value is -0.650. The highest BCUT2D eigenvalue weighted by Gasteiger charge is 2.10. The van der Waals surface area contributed by atoms with Crippen LogP contribution in [0.25, 0.3) is 0 Å². The topological polar surface area (TPSA) is 33.1 Å². The Labute approximate surface area is 119 Å². The lowest BCUT2D eigenvalue weighted by Crippen LogP contribution is -2.02. The number of aliphatic hydroxyl groups is 1. The summed E-state index contributed by atoms with van der Waals surface area (Å²) in [5, 5.41) is 10.7. The summed E-state index contributed by atoms with van der Waals surface area (Å²) < 4.78 is 1.11. The molecule has 1 N–H and O–H groups in total. The molecule has 0 spiro atoms. The van der Waals surface area contributed by atoms with Crippen LogP contribution in [0, 0.1) is 3.57 Å². The molecule has 2 rings (SSSR count). The van der Waals surface area contributed by atoms with E-state index >= 15 is 0 Å². The number of hydrogen-bond donors (Lipinski definition) is 1. The van der Waals surface area contributed by atoms with Gasteiger partial charge in [0.25, 0.3) is 0 Å². The van der Waals surface area contributed by atoms with Crippen molar-refractivity contribution in [2.75, 3.05) is 0 Å². The molecule has 17 heavy (non-hydrogen) atoms. The molecule has 2 nitrogen and oxygen atoms in total. The highest BCUT2D eigenvalue weighted by atomic mass is 127. The van der Waals surface area contributed by atoms with Gasteiger partial charge in [0.15, 0.2) is 0 Å². The van der Waals surface area contributed by atoms with E-state index in [1.165, 1.54) is 0 Å². The van der Waals surface area contributed by atoms with E-state index in [1.807, 2.05) is 30.3 Å². The first-order valence-corrected chi connectivity index (χ1v) is 6.64. The number of aliphatic hydroxyl groups excluding tert-OH is 1. The van der Waals surface area contributed by atoms with E-state index in [4.69, 9.17) is 11.6 Å². The van der Waals surface area contributed by atoms with E-state index in [2.05, 4.69) is 27.6 Å². The minimum absolute atomic E-state index is 0.501. The molecule has 88 valence electrons. The summed E-state index contributed by atoms with van der Waals surface area (Å²) in [5.74, 6) is 0. The molecule has 0 saturated carbocycles. The quantitative estimate of drug-likeness (QED) is 0.849. The highest BCUT2D eigenvalue weighted by molar-refractivity contribution is 14.1. The fourth-order valence-electron chi connectivity index (χ4n) is 1.61. The third kappa shape index (κ3) is 3.40. The largest absolute Gasteiger partial charge is 0.388 e. The maximum Gasteiger partial charge on any atom is 0.0831 e. The number of aromatic nitrogens is 1. The monoisotopic (exact) mass is 359 g/mol. The third-order valence-corrected chi connectivity index (χ3v) is 3.51. The molecule has 0 aliphatic carbocycles.